The van der Waals surface area contributed by atoms with Crippen LogP contribution in [0.2, 0.25) is 0 Å². The van der Waals surface area contributed by atoms with E-state index < -0.39 is 0 Å². The molecule has 0 spiro atoms. The number of hydrogen-bond acceptors (Lipinski definition) is 3. The Kier molecular flexibility index (Phi) is 3.78. The van der Waals surface area contributed by atoms with Gasteiger partial charge in [-0.05, 0) is 75.0 Å². The van der Waals surface area contributed by atoms with Gasteiger partial charge in [0.05, 0.1) is 25.4 Å². The Morgan fingerprint density at radius 3 is 1.83 bits per heavy atom. The van der Waals surface area contributed by atoms with Crippen molar-refractivity contribution >= 4 is 6.03 Å². The number of carbonyl (C=O) groups excluding carboxylic acids is 1. The van der Waals surface area contributed by atoms with Crippen LogP contribution in [0.3, 0.4) is 0 Å². The Hall–Kier alpha value is -0.810. The summed E-state index contributed by atoms with van der Waals surface area (Å²) in [6.07, 6.45) is 11.4. The second-order valence-corrected chi connectivity index (χ2v) is 9.14. The van der Waals surface area contributed by atoms with Gasteiger partial charge in [0.15, 0.2) is 0 Å². The molecule has 4 aliphatic carbocycles. The lowest BCUT2D eigenvalue weighted by molar-refractivity contribution is -0.0587. The number of urea groups is 1. The zero-order valence-electron chi connectivity index (χ0n) is 14.5. The summed E-state index contributed by atoms with van der Waals surface area (Å²) in [5.74, 6) is 3.28. The molecule has 134 valence electrons. The second-order valence-electron chi connectivity index (χ2n) is 9.14. The molecule has 1 aliphatic heterocycles. The van der Waals surface area contributed by atoms with Crippen LogP contribution >= 0.6 is 0 Å². The molecular formula is C19H30N2O3. The maximum absolute atomic E-state index is 11.8. The summed E-state index contributed by atoms with van der Waals surface area (Å²) in [5, 5.41) is 6.02. The third-order valence-electron chi connectivity index (χ3n) is 7.46. The average molecular weight is 334 g/mol. The molecule has 5 fully saturated rings. The summed E-state index contributed by atoms with van der Waals surface area (Å²) in [6.45, 7) is 1.79. The first-order chi connectivity index (χ1) is 11.7. The third-order valence-corrected chi connectivity index (χ3v) is 7.46. The molecule has 5 heteroatoms. The first-order valence-corrected chi connectivity index (χ1v) is 9.98. The van der Waals surface area contributed by atoms with Gasteiger partial charge in [-0.2, -0.15) is 0 Å². The molecule has 1 saturated heterocycles. The van der Waals surface area contributed by atoms with Crippen molar-refractivity contribution in [2.75, 3.05) is 19.8 Å². The predicted octanol–water partition coefficient (Wildman–Crippen LogP) is 2.45. The Balaban J connectivity index is 1.18. The van der Waals surface area contributed by atoms with Gasteiger partial charge in [-0.1, -0.05) is 0 Å². The van der Waals surface area contributed by atoms with Crippen LogP contribution in [-0.2, 0) is 9.47 Å². The van der Waals surface area contributed by atoms with Crippen LogP contribution in [0.15, 0.2) is 0 Å². The summed E-state index contributed by atoms with van der Waals surface area (Å²) >= 11 is 0. The minimum atomic E-state index is -0.374. The van der Waals surface area contributed by atoms with Crippen LogP contribution in [0.4, 0.5) is 4.79 Å². The van der Waals surface area contributed by atoms with Crippen LogP contribution in [0.1, 0.15) is 51.4 Å². The molecule has 6 atom stereocenters. The van der Waals surface area contributed by atoms with Crippen molar-refractivity contribution < 1.29 is 14.3 Å². The smallest absolute Gasteiger partial charge is 0.315 e. The number of carbonyl (C=O) groups is 1. The number of nitrogens with one attached hydrogen (secondary N) is 2. The van der Waals surface area contributed by atoms with E-state index >= 15 is 0 Å². The monoisotopic (exact) mass is 334 g/mol. The summed E-state index contributed by atoms with van der Waals surface area (Å²) < 4.78 is 12.6. The quantitative estimate of drug-likeness (QED) is 0.784. The third kappa shape index (κ3) is 2.74. The highest BCUT2D eigenvalue weighted by Gasteiger charge is 2.46. The molecule has 4 bridgehead atoms. The van der Waals surface area contributed by atoms with E-state index in [0.717, 1.165) is 23.7 Å². The molecule has 0 radical (unpaired) electrons. The highest BCUT2D eigenvalue weighted by molar-refractivity contribution is 5.77. The normalized spacial score (nSPS) is 48.9. The van der Waals surface area contributed by atoms with E-state index in [4.69, 9.17) is 9.47 Å². The van der Waals surface area contributed by atoms with Crippen molar-refractivity contribution in [3.63, 3.8) is 0 Å². The maximum atomic E-state index is 11.8. The van der Waals surface area contributed by atoms with Gasteiger partial charge in [0.25, 0.3) is 0 Å². The summed E-state index contributed by atoms with van der Waals surface area (Å²) in [5.41, 5.74) is -0.374. The van der Waals surface area contributed by atoms with Crippen molar-refractivity contribution in [1.82, 2.24) is 10.6 Å². The van der Waals surface area contributed by atoms with Crippen molar-refractivity contribution in [3.8, 4) is 0 Å². The summed E-state index contributed by atoms with van der Waals surface area (Å²) in [7, 11) is 0. The molecular weight excluding hydrogens is 304 g/mol. The number of rotatable bonds is 6. The Bertz CT molecular complexity index is 479. The first kappa shape index (κ1) is 15.4. The maximum Gasteiger partial charge on any atom is 0.315 e. The first-order valence-electron chi connectivity index (χ1n) is 9.98. The van der Waals surface area contributed by atoms with Gasteiger partial charge in [-0.15, -0.1) is 0 Å². The molecule has 5 aliphatic rings. The van der Waals surface area contributed by atoms with Gasteiger partial charge in [0, 0.05) is 6.54 Å². The highest BCUT2D eigenvalue weighted by Crippen LogP contribution is 2.47. The second kappa shape index (κ2) is 5.87. The van der Waals surface area contributed by atoms with E-state index in [1.54, 1.807) is 0 Å². The SMILES string of the molecule is O=C1NCC(COC2CC3CCC2C3)(COC2CC3CCC2C3)N1. The van der Waals surface area contributed by atoms with E-state index in [1.165, 1.54) is 51.4 Å². The molecule has 5 rings (SSSR count). The van der Waals surface area contributed by atoms with Gasteiger partial charge in [-0.25, -0.2) is 4.79 Å². The fourth-order valence-electron chi connectivity index (χ4n) is 6.11. The van der Waals surface area contributed by atoms with Crippen LogP contribution in [0.25, 0.3) is 0 Å². The van der Waals surface area contributed by atoms with E-state index in [1.807, 2.05) is 0 Å². The van der Waals surface area contributed by atoms with Crippen LogP contribution in [0.5, 0.6) is 0 Å². The van der Waals surface area contributed by atoms with Gasteiger partial charge in [0.2, 0.25) is 0 Å². The van der Waals surface area contributed by atoms with Crippen LogP contribution in [0, 0.1) is 23.7 Å². The average Bonchev–Trinajstić information content (AvgIpc) is 3.37. The van der Waals surface area contributed by atoms with Crippen molar-refractivity contribution in [2.45, 2.75) is 69.1 Å². The number of amides is 2. The Labute approximate surface area is 144 Å². The van der Waals surface area contributed by atoms with Crippen molar-refractivity contribution in [2.24, 2.45) is 23.7 Å². The van der Waals surface area contributed by atoms with Gasteiger partial charge >= 0.3 is 6.03 Å². The largest absolute Gasteiger partial charge is 0.375 e. The fraction of sp³-hybridized carbons (Fsp3) is 0.947. The lowest BCUT2D eigenvalue weighted by Gasteiger charge is -2.33. The number of hydrogen-bond donors (Lipinski definition) is 2. The predicted molar refractivity (Wildman–Crippen MR) is 89.6 cm³/mol. The lowest BCUT2D eigenvalue weighted by Crippen LogP contribution is -2.53. The minimum absolute atomic E-state index is 0.0805. The molecule has 2 amide bonds. The molecule has 24 heavy (non-hydrogen) atoms. The molecule has 0 aromatic carbocycles. The number of ether oxygens (including phenoxy) is 2. The molecule has 5 nitrogen and oxygen atoms in total. The molecule has 0 aromatic rings. The number of fused-ring (bicyclic) bond motifs is 4. The van der Waals surface area contributed by atoms with Crippen molar-refractivity contribution in [1.29, 1.82) is 0 Å². The zero-order chi connectivity index (χ0) is 16.1. The van der Waals surface area contributed by atoms with Crippen molar-refractivity contribution in [3.05, 3.63) is 0 Å². The Morgan fingerprint density at radius 2 is 1.46 bits per heavy atom. The molecule has 1 heterocycles. The minimum Gasteiger partial charge on any atom is -0.375 e. The van der Waals surface area contributed by atoms with Gasteiger partial charge in [-0.3, -0.25) is 0 Å². The highest BCUT2D eigenvalue weighted by atomic mass is 16.5. The van der Waals surface area contributed by atoms with Gasteiger partial charge < -0.3 is 20.1 Å². The van der Waals surface area contributed by atoms with Crippen LogP contribution in [-0.4, -0.2) is 43.5 Å². The Morgan fingerprint density at radius 1 is 0.875 bits per heavy atom. The summed E-state index contributed by atoms with van der Waals surface area (Å²) in [4.78, 5) is 11.8. The van der Waals surface area contributed by atoms with E-state index in [0.29, 0.717) is 32.0 Å². The fourth-order valence-corrected chi connectivity index (χ4v) is 6.11. The standard InChI is InChI=1S/C19H30N2O3/c22-18-20-9-19(21-18,10-23-16-7-12-1-3-14(16)5-12)11-24-17-8-13-2-4-15(17)6-13/h12-17H,1-11H2,(H2,20,21,22). The lowest BCUT2D eigenvalue weighted by atomic mass is 9.96. The molecule has 0 aromatic heterocycles. The van der Waals surface area contributed by atoms with Crippen LogP contribution < -0.4 is 10.6 Å². The topological polar surface area (TPSA) is 59.6 Å². The molecule has 2 N–H and O–H groups in total. The van der Waals surface area contributed by atoms with Gasteiger partial charge in [0.1, 0.15) is 5.54 Å². The van der Waals surface area contributed by atoms with E-state index in [-0.39, 0.29) is 11.6 Å². The molecule has 6 unspecified atom stereocenters. The molecule has 4 saturated carbocycles. The van der Waals surface area contributed by atoms with E-state index in [2.05, 4.69) is 10.6 Å². The summed E-state index contributed by atoms with van der Waals surface area (Å²) in [6, 6.07) is -0.0805. The van der Waals surface area contributed by atoms with E-state index in [9.17, 15) is 4.79 Å². The zero-order valence-corrected chi connectivity index (χ0v) is 14.5.